The number of halogens is 3. The van der Waals surface area contributed by atoms with Crippen molar-refractivity contribution in [3.63, 3.8) is 0 Å². The predicted octanol–water partition coefficient (Wildman–Crippen LogP) is 3.99. The highest BCUT2D eigenvalue weighted by atomic mass is 19.4. The summed E-state index contributed by atoms with van der Waals surface area (Å²) in [6, 6.07) is 0. The minimum absolute atomic E-state index is 0.102. The summed E-state index contributed by atoms with van der Waals surface area (Å²) in [5.41, 5.74) is 0.654. The third kappa shape index (κ3) is 7.76. The summed E-state index contributed by atoms with van der Waals surface area (Å²) in [6.07, 6.45) is -4.63. The molecule has 3 nitrogen and oxygen atoms in total. The molecule has 0 radical (unpaired) electrons. The quantitative estimate of drug-likeness (QED) is 0.571. The Kier molecular flexibility index (Phi) is 8.86. The van der Waals surface area contributed by atoms with Crippen molar-refractivity contribution in [3.05, 3.63) is 22.3 Å². The van der Waals surface area contributed by atoms with Gasteiger partial charge in [-0.2, -0.15) is 13.2 Å². The van der Waals surface area contributed by atoms with Gasteiger partial charge in [0.15, 0.2) is 5.78 Å². The van der Waals surface area contributed by atoms with E-state index in [0.29, 0.717) is 0 Å². The summed E-state index contributed by atoms with van der Waals surface area (Å²) in [7, 11) is 0.914. The van der Waals surface area contributed by atoms with Crippen LogP contribution < -0.4 is 0 Å². The van der Waals surface area contributed by atoms with Crippen LogP contribution in [-0.2, 0) is 14.3 Å². The molecule has 0 aliphatic heterocycles. The van der Waals surface area contributed by atoms with Crippen LogP contribution in [0, 0.1) is 0 Å². The molecule has 0 rings (SSSR count). The lowest BCUT2D eigenvalue weighted by Crippen LogP contribution is -2.22. The maximum atomic E-state index is 12.0. The van der Waals surface area contributed by atoms with E-state index in [0.717, 1.165) is 18.3 Å². The molecule has 0 unspecified atom stereocenters. The van der Waals surface area contributed by atoms with Crippen LogP contribution in [0.4, 0.5) is 13.2 Å². The second-order valence-electron chi connectivity index (χ2n) is 4.55. The van der Waals surface area contributed by atoms with E-state index < -0.39 is 17.7 Å². The Labute approximate surface area is 117 Å². The van der Waals surface area contributed by atoms with Crippen molar-refractivity contribution >= 4 is 11.8 Å². The van der Waals surface area contributed by atoms with Gasteiger partial charge in [-0.3, -0.25) is 4.79 Å². The van der Waals surface area contributed by atoms with Gasteiger partial charge in [-0.25, -0.2) is 4.79 Å². The van der Waals surface area contributed by atoms with Gasteiger partial charge in [-0.05, 0) is 47.1 Å². The van der Waals surface area contributed by atoms with Gasteiger partial charge in [0, 0.05) is 0 Å². The predicted molar refractivity (Wildman–Crippen MR) is 71.2 cm³/mol. The van der Waals surface area contributed by atoms with Gasteiger partial charge in [0.25, 0.3) is 0 Å². The van der Waals surface area contributed by atoms with Gasteiger partial charge in [-0.1, -0.05) is 11.1 Å². The van der Waals surface area contributed by atoms with Crippen molar-refractivity contribution in [3.8, 4) is 0 Å². The fraction of sp³-hybridized carbons (Fsp3) is 0.571. The molecule has 0 heterocycles. The average Bonchev–Trinajstić information content (AvgIpc) is 2.25. The fourth-order valence-corrected chi connectivity index (χ4v) is 1.06. The van der Waals surface area contributed by atoms with Crippen LogP contribution in [0.3, 0.4) is 0 Å². The second kappa shape index (κ2) is 8.55. The molecular formula is C14H21F3O3. The van der Waals surface area contributed by atoms with E-state index in [4.69, 9.17) is 0 Å². The molecule has 0 aliphatic carbocycles. The normalized spacial score (nSPS) is 9.90. The zero-order valence-corrected chi connectivity index (χ0v) is 12.9. The van der Waals surface area contributed by atoms with Gasteiger partial charge in [0.05, 0.1) is 7.11 Å². The second-order valence-corrected chi connectivity index (χ2v) is 4.55. The first-order valence-corrected chi connectivity index (χ1v) is 5.84. The Morgan fingerprint density at radius 2 is 1.25 bits per heavy atom. The van der Waals surface area contributed by atoms with E-state index in [1.165, 1.54) is 13.8 Å². The number of hydrogen-bond donors (Lipinski definition) is 0. The first-order chi connectivity index (χ1) is 8.86. The zero-order chi connectivity index (χ0) is 16.7. The van der Waals surface area contributed by atoms with E-state index in [9.17, 15) is 22.8 Å². The maximum absolute atomic E-state index is 12.0. The molecule has 0 aromatic heterocycles. The van der Waals surface area contributed by atoms with E-state index in [1.54, 1.807) is 6.92 Å². The molecular weight excluding hydrogens is 273 g/mol. The SMILES string of the molecule is CC(=O)C(C)=C(C)C.COC(=O)C(=C(C)C)C(F)(F)F. The first-order valence-electron chi connectivity index (χ1n) is 5.84. The lowest BCUT2D eigenvalue weighted by atomic mass is 10.1. The molecule has 0 aromatic carbocycles. The molecule has 0 spiro atoms. The molecule has 0 aromatic rings. The number of esters is 1. The van der Waals surface area contributed by atoms with Crippen LogP contribution in [0.1, 0.15) is 41.5 Å². The highest BCUT2D eigenvalue weighted by Gasteiger charge is 2.40. The van der Waals surface area contributed by atoms with Crippen LogP contribution in [-0.4, -0.2) is 25.0 Å². The Bertz CT molecular complexity index is 421. The fourth-order valence-electron chi connectivity index (χ4n) is 1.06. The molecule has 0 atom stereocenters. The Balaban J connectivity index is 0. The lowest BCUT2D eigenvalue weighted by molar-refractivity contribution is -0.148. The van der Waals surface area contributed by atoms with Gasteiger partial charge in [0.2, 0.25) is 0 Å². The summed E-state index contributed by atoms with van der Waals surface area (Å²) >= 11 is 0. The summed E-state index contributed by atoms with van der Waals surface area (Å²) in [4.78, 5) is 21.1. The highest BCUT2D eigenvalue weighted by Crippen LogP contribution is 2.28. The van der Waals surface area contributed by atoms with E-state index in [1.807, 2.05) is 20.8 Å². The summed E-state index contributed by atoms with van der Waals surface area (Å²) in [6.45, 7) is 9.73. The van der Waals surface area contributed by atoms with Crippen molar-refractivity contribution in [1.82, 2.24) is 0 Å². The van der Waals surface area contributed by atoms with E-state index in [2.05, 4.69) is 4.74 Å². The summed E-state index contributed by atoms with van der Waals surface area (Å²) < 4.78 is 40.1. The van der Waals surface area contributed by atoms with Crippen LogP contribution >= 0.6 is 0 Å². The third-order valence-electron chi connectivity index (χ3n) is 2.45. The lowest BCUT2D eigenvalue weighted by Gasteiger charge is -2.10. The Morgan fingerprint density at radius 1 is 0.850 bits per heavy atom. The number of carbonyl (C=O) groups excluding carboxylic acids is 2. The summed E-state index contributed by atoms with van der Waals surface area (Å²) in [5, 5.41) is 0. The number of ether oxygens (including phenoxy) is 1. The Morgan fingerprint density at radius 3 is 1.30 bits per heavy atom. The molecule has 116 valence electrons. The molecule has 0 aliphatic rings. The minimum Gasteiger partial charge on any atom is -0.465 e. The monoisotopic (exact) mass is 294 g/mol. The number of Topliss-reactive ketones (excluding diaryl/α,β-unsaturated/α-hetero) is 1. The molecule has 0 bridgehead atoms. The Hall–Kier alpha value is -1.59. The van der Waals surface area contributed by atoms with Crippen molar-refractivity contribution in [2.75, 3.05) is 7.11 Å². The molecule has 0 saturated heterocycles. The van der Waals surface area contributed by atoms with Crippen molar-refractivity contribution in [2.45, 2.75) is 47.7 Å². The van der Waals surface area contributed by atoms with Crippen LogP contribution in [0.2, 0.25) is 0 Å². The number of methoxy groups -OCH3 is 1. The van der Waals surface area contributed by atoms with Gasteiger partial charge >= 0.3 is 12.1 Å². The molecule has 0 fully saturated rings. The molecule has 0 saturated carbocycles. The number of alkyl halides is 3. The number of allylic oxidation sites excluding steroid dienone is 3. The third-order valence-corrected chi connectivity index (χ3v) is 2.45. The average molecular weight is 294 g/mol. The van der Waals surface area contributed by atoms with Crippen LogP contribution in [0.15, 0.2) is 22.3 Å². The summed E-state index contributed by atoms with van der Waals surface area (Å²) in [5.74, 6) is -1.17. The largest absolute Gasteiger partial charge is 0.465 e. The van der Waals surface area contributed by atoms with Gasteiger partial charge in [-0.15, -0.1) is 0 Å². The van der Waals surface area contributed by atoms with Gasteiger partial charge < -0.3 is 4.74 Å². The van der Waals surface area contributed by atoms with Crippen molar-refractivity contribution in [2.24, 2.45) is 0 Å². The molecule has 0 N–H and O–H groups in total. The topological polar surface area (TPSA) is 43.4 Å². The van der Waals surface area contributed by atoms with Crippen molar-refractivity contribution < 1.29 is 27.5 Å². The molecule has 20 heavy (non-hydrogen) atoms. The van der Waals surface area contributed by atoms with Crippen molar-refractivity contribution in [1.29, 1.82) is 0 Å². The maximum Gasteiger partial charge on any atom is 0.423 e. The van der Waals surface area contributed by atoms with E-state index >= 15 is 0 Å². The minimum atomic E-state index is -4.63. The number of ketones is 1. The molecule has 6 heteroatoms. The number of hydrogen-bond acceptors (Lipinski definition) is 3. The number of carbonyl (C=O) groups is 2. The van der Waals surface area contributed by atoms with E-state index in [-0.39, 0.29) is 11.4 Å². The van der Waals surface area contributed by atoms with Crippen LogP contribution in [0.5, 0.6) is 0 Å². The zero-order valence-electron chi connectivity index (χ0n) is 12.9. The highest BCUT2D eigenvalue weighted by molar-refractivity contribution is 5.93. The molecule has 0 amide bonds. The van der Waals surface area contributed by atoms with Gasteiger partial charge in [0.1, 0.15) is 5.57 Å². The standard InChI is InChI=1S/C7H9F3O2.C7H12O/c1-4(2)5(6(11)12-3)7(8,9)10;1-5(2)6(3)7(4)8/h1-3H3;1-4H3. The smallest absolute Gasteiger partial charge is 0.423 e. The first kappa shape index (κ1) is 20.7. The number of rotatable bonds is 2. The van der Waals surface area contributed by atoms with Crippen LogP contribution in [0.25, 0.3) is 0 Å².